The fourth-order valence-electron chi connectivity index (χ4n) is 2.29. The first-order valence-corrected chi connectivity index (χ1v) is 9.15. The molecule has 0 radical (unpaired) electrons. The third-order valence-corrected chi connectivity index (χ3v) is 5.32. The number of carboxylic acid groups (broad SMARTS) is 1. The number of hydrogen-bond acceptors (Lipinski definition) is 4. The Morgan fingerprint density at radius 3 is 2.43 bits per heavy atom. The van der Waals surface area contributed by atoms with Crippen molar-refractivity contribution in [3.8, 4) is 0 Å². The Kier molecular flexibility index (Phi) is 7.49. The predicted octanol–water partition coefficient (Wildman–Crippen LogP) is 0.755. The summed E-state index contributed by atoms with van der Waals surface area (Å²) < 4.78 is 22.5. The van der Waals surface area contributed by atoms with Crippen molar-refractivity contribution in [3.05, 3.63) is 0 Å². The number of carbonyl (C=O) groups excluding carboxylic acids is 1. The quantitative estimate of drug-likeness (QED) is 0.543. The minimum Gasteiger partial charge on any atom is -0.481 e. The molecule has 1 aliphatic heterocycles. The van der Waals surface area contributed by atoms with E-state index in [1.165, 1.54) is 0 Å². The molecule has 0 saturated carbocycles. The number of carbonyl (C=O) groups is 2. The second-order valence-corrected chi connectivity index (χ2v) is 7.69. The first kappa shape index (κ1) is 17.7. The van der Waals surface area contributed by atoms with Crippen molar-refractivity contribution < 1.29 is 23.1 Å². The molecule has 21 heavy (non-hydrogen) atoms. The Labute approximate surface area is 125 Å². The van der Waals surface area contributed by atoms with Crippen molar-refractivity contribution in [1.29, 1.82) is 0 Å². The van der Waals surface area contributed by atoms with Crippen molar-refractivity contribution in [2.24, 2.45) is 5.92 Å². The average molecular weight is 320 g/mol. The van der Waals surface area contributed by atoms with Crippen LogP contribution in [0.2, 0.25) is 0 Å². The van der Waals surface area contributed by atoms with Crippen molar-refractivity contribution in [3.63, 3.8) is 0 Å². The van der Waals surface area contributed by atoms with Gasteiger partial charge in [-0.25, -0.2) is 13.2 Å². The number of unbranched alkanes of at least 4 members (excludes halogenated alkanes) is 3. The number of rotatable bonds is 9. The van der Waals surface area contributed by atoms with Gasteiger partial charge in [-0.15, -0.1) is 0 Å². The van der Waals surface area contributed by atoms with Gasteiger partial charge in [0.05, 0.1) is 11.5 Å². The van der Waals surface area contributed by atoms with Crippen molar-refractivity contribution in [2.75, 3.05) is 24.6 Å². The minimum absolute atomic E-state index is 0.0248. The lowest BCUT2D eigenvalue weighted by molar-refractivity contribution is -0.137. The Bertz CT molecular complexity index is 449. The molecule has 1 aliphatic rings. The van der Waals surface area contributed by atoms with Crippen LogP contribution in [-0.4, -0.2) is 50.1 Å². The summed E-state index contributed by atoms with van der Waals surface area (Å²) in [7, 11) is -2.89. The van der Waals surface area contributed by atoms with Crippen LogP contribution in [0.4, 0.5) is 4.79 Å². The van der Waals surface area contributed by atoms with Crippen LogP contribution in [0.1, 0.15) is 38.5 Å². The van der Waals surface area contributed by atoms with Gasteiger partial charge in [0.1, 0.15) is 0 Å². The van der Waals surface area contributed by atoms with Crippen LogP contribution >= 0.6 is 0 Å². The molecule has 1 heterocycles. The van der Waals surface area contributed by atoms with Gasteiger partial charge in [0.25, 0.3) is 0 Å². The first-order valence-electron chi connectivity index (χ1n) is 7.33. The number of carboxylic acids is 1. The number of urea groups is 1. The van der Waals surface area contributed by atoms with Crippen molar-refractivity contribution in [2.45, 2.75) is 38.5 Å². The van der Waals surface area contributed by atoms with E-state index in [0.29, 0.717) is 25.9 Å². The van der Waals surface area contributed by atoms with Crippen LogP contribution in [0, 0.1) is 5.92 Å². The third kappa shape index (κ3) is 8.54. The molecule has 0 bridgehead atoms. The highest BCUT2D eigenvalue weighted by Gasteiger charge is 2.27. The van der Waals surface area contributed by atoms with E-state index >= 15 is 0 Å². The van der Waals surface area contributed by atoms with Crippen LogP contribution in [0.25, 0.3) is 0 Å². The number of aliphatic carboxylic acids is 1. The maximum absolute atomic E-state index is 11.5. The standard InChI is InChI=1S/C13H24N2O5S/c16-12(17)5-3-1-2-4-7-14-13(18)15-9-11-6-8-21(19,20)10-11/h11H,1-10H2,(H,16,17)(H2,14,15,18). The lowest BCUT2D eigenvalue weighted by Gasteiger charge is -2.10. The molecular weight excluding hydrogens is 296 g/mol. The molecule has 0 aromatic heterocycles. The summed E-state index contributed by atoms with van der Waals surface area (Å²) in [5, 5.41) is 13.9. The second kappa shape index (κ2) is 8.86. The Hall–Kier alpha value is -1.31. The molecule has 0 aliphatic carbocycles. The maximum Gasteiger partial charge on any atom is 0.314 e. The van der Waals surface area contributed by atoms with Gasteiger partial charge in [0.2, 0.25) is 0 Å². The summed E-state index contributed by atoms with van der Waals surface area (Å²) in [6.45, 7) is 0.936. The van der Waals surface area contributed by atoms with E-state index in [1.807, 2.05) is 0 Å². The van der Waals surface area contributed by atoms with Crippen LogP contribution in [0.3, 0.4) is 0 Å². The van der Waals surface area contributed by atoms with Crippen molar-refractivity contribution in [1.82, 2.24) is 10.6 Å². The van der Waals surface area contributed by atoms with Crippen LogP contribution in [0.15, 0.2) is 0 Å². The van der Waals surface area contributed by atoms with E-state index in [0.717, 1.165) is 19.3 Å². The van der Waals surface area contributed by atoms with Gasteiger partial charge in [-0.2, -0.15) is 0 Å². The predicted molar refractivity (Wildman–Crippen MR) is 78.9 cm³/mol. The highest BCUT2D eigenvalue weighted by atomic mass is 32.2. The first-order chi connectivity index (χ1) is 9.89. The van der Waals surface area contributed by atoms with Crippen LogP contribution in [0.5, 0.6) is 0 Å². The molecular formula is C13H24N2O5S. The molecule has 1 atom stereocenters. The zero-order chi connectivity index (χ0) is 15.7. The van der Waals surface area contributed by atoms with E-state index in [1.54, 1.807) is 0 Å². The van der Waals surface area contributed by atoms with Gasteiger partial charge >= 0.3 is 12.0 Å². The third-order valence-electron chi connectivity index (χ3n) is 3.48. The molecule has 8 heteroatoms. The molecule has 3 N–H and O–H groups in total. The average Bonchev–Trinajstić information content (AvgIpc) is 2.74. The maximum atomic E-state index is 11.5. The molecule has 122 valence electrons. The fourth-order valence-corrected chi connectivity index (χ4v) is 4.15. The summed E-state index contributed by atoms with van der Waals surface area (Å²) in [4.78, 5) is 21.8. The summed E-state index contributed by atoms with van der Waals surface area (Å²) in [6.07, 6.45) is 4.01. The zero-order valence-corrected chi connectivity index (χ0v) is 13.0. The highest BCUT2D eigenvalue weighted by molar-refractivity contribution is 7.91. The number of nitrogens with one attached hydrogen (secondary N) is 2. The van der Waals surface area contributed by atoms with E-state index in [4.69, 9.17) is 5.11 Å². The zero-order valence-electron chi connectivity index (χ0n) is 12.1. The monoisotopic (exact) mass is 320 g/mol. The number of amides is 2. The smallest absolute Gasteiger partial charge is 0.314 e. The number of hydrogen-bond donors (Lipinski definition) is 3. The van der Waals surface area contributed by atoms with Gasteiger partial charge < -0.3 is 15.7 Å². The van der Waals surface area contributed by atoms with Gasteiger partial charge in [0, 0.05) is 19.5 Å². The van der Waals surface area contributed by atoms with Crippen molar-refractivity contribution >= 4 is 21.8 Å². The van der Waals surface area contributed by atoms with E-state index in [9.17, 15) is 18.0 Å². The Morgan fingerprint density at radius 1 is 1.10 bits per heavy atom. The highest BCUT2D eigenvalue weighted by Crippen LogP contribution is 2.17. The second-order valence-electron chi connectivity index (χ2n) is 5.46. The molecule has 1 saturated heterocycles. The Balaban J connectivity index is 1.96. The fraction of sp³-hybridized carbons (Fsp3) is 0.846. The molecule has 0 aromatic rings. The topological polar surface area (TPSA) is 113 Å². The molecule has 0 spiro atoms. The SMILES string of the molecule is O=C(O)CCCCCCNC(=O)NCC1CCS(=O)(=O)C1. The van der Waals surface area contributed by atoms with Crippen LogP contribution in [-0.2, 0) is 14.6 Å². The van der Waals surface area contributed by atoms with Gasteiger partial charge in [-0.05, 0) is 25.2 Å². The van der Waals surface area contributed by atoms with E-state index in [-0.39, 0.29) is 29.9 Å². The minimum atomic E-state index is -2.89. The normalized spacial score (nSPS) is 20.1. The van der Waals surface area contributed by atoms with E-state index in [2.05, 4.69) is 10.6 Å². The van der Waals surface area contributed by atoms with Gasteiger partial charge in [-0.1, -0.05) is 12.8 Å². The lowest BCUT2D eigenvalue weighted by Crippen LogP contribution is -2.38. The molecule has 1 unspecified atom stereocenters. The van der Waals surface area contributed by atoms with E-state index < -0.39 is 15.8 Å². The van der Waals surface area contributed by atoms with Gasteiger partial charge in [-0.3, -0.25) is 4.79 Å². The molecule has 1 rings (SSSR count). The lowest BCUT2D eigenvalue weighted by atomic mass is 10.1. The largest absolute Gasteiger partial charge is 0.481 e. The number of sulfone groups is 1. The molecule has 0 aromatic carbocycles. The molecule has 1 fully saturated rings. The summed E-state index contributed by atoms with van der Waals surface area (Å²) >= 11 is 0. The summed E-state index contributed by atoms with van der Waals surface area (Å²) in [5.74, 6) is -0.369. The van der Waals surface area contributed by atoms with Gasteiger partial charge in [0.15, 0.2) is 9.84 Å². The summed E-state index contributed by atoms with van der Waals surface area (Å²) in [5.41, 5.74) is 0. The summed E-state index contributed by atoms with van der Waals surface area (Å²) in [6, 6.07) is -0.273. The van der Waals surface area contributed by atoms with Crippen LogP contribution < -0.4 is 10.6 Å². The Morgan fingerprint density at radius 2 is 1.81 bits per heavy atom. The molecule has 2 amide bonds. The molecule has 7 nitrogen and oxygen atoms in total.